The summed E-state index contributed by atoms with van der Waals surface area (Å²) in [5, 5.41) is 0. The Morgan fingerprint density at radius 1 is 1.40 bits per heavy atom. The molecule has 20 heavy (non-hydrogen) atoms. The van der Waals surface area contributed by atoms with Crippen molar-refractivity contribution in [2.45, 2.75) is 58.9 Å². The van der Waals surface area contributed by atoms with E-state index in [1.165, 1.54) is 0 Å². The first kappa shape index (κ1) is 18.2. The fourth-order valence-electron chi connectivity index (χ4n) is 2.59. The van der Waals surface area contributed by atoms with Gasteiger partial charge in [-0.25, -0.2) is 0 Å². The molecule has 1 saturated heterocycles. The molecule has 120 valence electrons. The van der Waals surface area contributed by atoms with Crippen LogP contribution in [0.15, 0.2) is 0 Å². The Kier molecular flexibility index (Phi) is 7.80. The topological polar surface area (TPSA) is 40.6 Å². The second-order valence-electron chi connectivity index (χ2n) is 5.75. The van der Waals surface area contributed by atoms with Crippen LogP contribution in [-0.4, -0.2) is 48.6 Å². The summed E-state index contributed by atoms with van der Waals surface area (Å²) < 4.78 is 29.1. The Morgan fingerprint density at radius 3 is 2.65 bits per heavy atom. The van der Waals surface area contributed by atoms with Gasteiger partial charge in [0.1, 0.15) is 0 Å². The quantitative estimate of drug-likeness (QED) is 0.644. The molecule has 0 amide bonds. The molecule has 6 heteroatoms. The Balaban J connectivity index is 2.85. The van der Waals surface area contributed by atoms with Gasteiger partial charge < -0.3 is 0 Å². The molecule has 1 aliphatic rings. The number of hydrogen-bond acceptors (Lipinski definition) is 2. The molecule has 4 nitrogen and oxygen atoms in total. The highest BCUT2D eigenvalue weighted by atomic mass is 35.5. The summed E-state index contributed by atoms with van der Waals surface area (Å²) >= 11 is 5.91. The van der Waals surface area contributed by atoms with E-state index in [1.54, 1.807) is 8.61 Å². The zero-order chi connectivity index (χ0) is 15.2. The number of hydrogen-bond donors (Lipinski definition) is 0. The minimum Gasteiger partial charge on any atom is -0.195 e. The van der Waals surface area contributed by atoms with Crippen LogP contribution in [0.1, 0.15) is 52.9 Å². The van der Waals surface area contributed by atoms with Gasteiger partial charge in [-0.15, -0.1) is 11.6 Å². The standard InChI is InChI=1S/C14H29ClN2O2S/c1-4-6-10-17(13(3)5-2)20(18,19)16-9-7-8-14(11-15)12-16/h13-14H,4-12H2,1-3H3. The first-order valence-electron chi connectivity index (χ1n) is 7.80. The molecule has 0 spiro atoms. The minimum absolute atomic E-state index is 0.0583. The number of unbranched alkanes of at least 4 members (excludes halogenated alkanes) is 1. The molecule has 0 N–H and O–H groups in total. The smallest absolute Gasteiger partial charge is 0.195 e. The molecule has 1 fully saturated rings. The normalized spacial score (nSPS) is 23.1. The fraction of sp³-hybridized carbons (Fsp3) is 1.00. The van der Waals surface area contributed by atoms with Crippen molar-refractivity contribution in [2.24, 2.45) is 5.92 Å². The van der Waals surface area contributed by atoms with Crippen LogP contribution >= 0.6 is 11.6 Å². The van der Waals surface area contributed by atoms with E-state index in [1.807, 2.05) is 13.8 Å². The SMILES string of the molecule is CCCCN(C(C)CC)S(=O)(=O)N1CCCC(CCl)C1. The Morgan fingerprint density at radius 2 is 2.10 bits per heavy atom. The highest BCUT2D eigenvalue weighted by molar-refractivity contribution is 7.86. The molecule has 1 rings (SSSR count). The van der Waals surface area contributed by atoms with Crippen molar-refractivity contribution in [3.63, 3.8) is 0 Å². The van der Waals surface area contributed by atoms with Crippen LogP contribution in [-0.2, 0) is 10.2 Å². The summed E-state index contributed by atoms with van der Waals surface area (Å²) in [6.07, 6.45) is 4.71. The monoisotopic (exact) mass is 324 g/mol. The lowest BCUT2D eigenvalue weighted by molar-refractivity contribution is 0.240. The number of rotatable bonds is 8. The predicted molar refractivity (Wildman–Crippen MR) is 85.3 cm³/mol. The van der Waals surface area contributed by atoms with Gasteiger partial charge >= 0.3 is 0 Å². The van der Waals surface area contributed by atoms with Crippen molar-refractivity contribution in [1.82, 2.24) is 8.61 Å². The van der Waals surface area contributed by atoms with Crippen molar-refractivity contribution in [3.05, 3.63) is 0 Å². The van der Waals surface area contributed by atoms with E-state index in [2.05, 4.69) is 6.92 Å². The average molecular weight is 325 g/mol. The second kappa shape index (κ2) is 8.57. The molecular weight excluding hydrogens is 296 g/mol. The summed E-state index contributed by atoms with van der Waals surface area (Å²) in [7, 11) is -3.34. The van der Waals surface area contributed by atoms with Crippen LogP contribution in [0, 0.1) is 5.92 Å². The highest BCUT2D eigenvalue weighted by Crippen LogP contribution is 2.24. The van der Waals surface area contributed by atoms with Crippen LogP contribution in [0.5, 0.6) is 0 Å². The minimum atomic E-state index is -3.34. The highest BCUT2D eigenvalue weighted by Gasteiger charge is 2.34. The maximum absolute atomic E-state index is 12.9. The van der Waals surface area contributed by atoms with Crippen LogP contribution in [0.3, 0.4) is 0 Å². The van der Waals surface area contributed by atoms with E-state index < -0.39 is 10.2 Å². The van der Waals surface area contributed by atoms with E-state index in [9.17, 15) is 8.42 Å². The molecule has 0 bridgehead atoms. The largest absolute Gasteiger partial charge is 0.282 e. The Hall–Kier alpha value is 0.160. The summed E-state index contributed by atoms with van der Waals surface area (Å²) in [5.41, 5.74) is 0. The van der Waals surface area contributed by atoms with Crippen molar-refractivity contribution in [3.8, 4) is 0 Å². The van der Waals surface area contributed by atoms with Crippen molar-refractivity contribution < 1.29 is 8.42 Å². The first-order valence-corrected chi connectivity index (χ1v) is 9.73. The van der Waals surface area contributed by atoms with Crippen molar-refractivity contribution >= 4 is 21.8 Å². The molecule has 0 aliphatic carbocycles. The van der Waals surface area contributed by atoms with E-state index >= 15 is 0 Å². The maximum atomic E-state index is 12.9. The molecule has 1 aliphatic heterocycles. The summed E-state index contributed by atoms with van der Waals surface area (Å²) in [4.78, 5) is 0. The van der Waals surface area contributed by atoms with Crippen molar-refractivity contribution in [1.29, 1.82) is 0 Å². The van der Waals surface area contributed by atoms with Gasteiger partial charge in [-0.3, -0.25) is 0 Å². The predicted octanol–water partition coefficient (Wildman–Crippen LogP) is 3.08. The number of alkyl halides is 1. The Bertz CT molecular complexity index is 375. The van der Waals surface area contributed by atoms with E-state index in [0.29, 0.717) is 31.4 Å². The van der Waals surface area contributed by atoms with E-state index in [0.717, 1.165) is 32.1 Å². The number of halogens is 1. The zero-order valence-electron chi connectivity index (χ0n) is 13.0. The van der Waals surface area contributed by atoms with Gasteiger partial charge in [0.2, 0.25) is 0 Å². The third-order valence-electron chi connectivity index (χ3n) is 4.14. The molecule has 0 saturated carbocycles. The van der Waals surface area contributed by atoms with Crippen LogP contribution in [0.25, 0.3) is 0 Å². The Labute approximate surface area is 129 Å². The van der Waals surface area contributed by atoms with Crippen LogP contribution in [0.4, 0.5) is 0 Å². The summed E-state index contributed by atoms with van der Waals surface area (Å²) in [6, 6.07) is 0.0583. The molecule has 0 aromatic heterocycles. The van der Waals surface area contributed by atoms with Crippen molar-refractivity contribution in [2.75, 3.05) is 25.5 Å². The second-order valence-corrected chi connectivity index (χ2v) is 7.94. The van der Waals surface area contributed by atoms with Gasteiger partial charge in [-0.1, -0.05) is 20.3 Å². The lowest BCUT2D eigenvalue weighted by Gasteiger charge is -2.37. The van der Waals surface area contributed by atoms with Gasteiger partial charge in [-0.05, 0) is 38.5 Å². The van der Waals surface area contributed by atoms with Gasteiger partial charge in [0, 0.05) is 31.6 Å². The van der Waals surface area contributed by atoms with Gasteiger partial charge in [0.15, 0.2) is 0 Å². The molecule has 2 atom stereocenters. The molecule has 2 unspecified atom stereocenters. The zero-order valence-corrected chi connectivity index (χ0v) is 14.6. The van der Waals surface area contributed by atoms with Gasteiger partial charge in [0.05, 0.1) is 0 Å². The maximum Gasteiger partial charge on any atom is 0.282 e. The lowest BCUT2D eigenvalue weighted by atomic mass is 10.0. The summed E-state index contributed by atoms with van der Waals surface area (Å²) in [6.45, 7) is 7.95. The van der Waals surface area contributed by atoms with E-state index in [4.69, 9.17) is 11.6 Å². The molecule has 0 aromatic rings. The molecular formula is C14H29ClN2O2S. The average Bonchev–Trinajstić information content (AvgIpc) is 2.47. The van der Waals surface area contributed by atoms with Crippen LogP contribution < -0.4 is 0 Å². The first-order chi connectivity index (χ1) is 9.47. The molecule has 0 aromatic carbocycles. The lowest BCUT2D eigenvalue weighted by Crippen LogP contribution is -2.51. The molecule has 0 radical (unpaired) electrons. The van der Waals surface area contributed by atoms with Crippen LogP contribution in [0.2, 0.25) is 0 Å². The summed E-state index contributed by atoms with van der Waals surface area (Å²) in [5.74, 6) is 0.842. The number of nitrogens with zero attached hydrogens (tertiary/aromatic N) is 2. The van der Waals surface area contributed by atoms with Gasteiger partial charge in [-0.2, -0.15) is 17.0 Å². The van der Waals surface area contributed by atoms with E-state index in [-0.39, 0.29) is 6.04 Å². The van der Waals surface area contributed by atoms with Gasteiger partial charge in [0.25, 0.3) is 10.2 Å². The fourth-order valence-corrected chi connectivity index (χ4v) is 4.86. The third-order valence-corrected chi connectivity index (χ3v) is 6.69. The number of piperidine rings is 1. The third kappa shape index (κ3) is 4.58. The molecule has 1 heterocycles.